The normalized spacial score (nSPS) is 26.5. The van der Waals surface area contributed by atoms with Crippen molar-refractivity contribution < 1.29 is 31.1 Å². The Morgan fingerprint density at radius 3 is 2.00 bits per heavy atom. The lowest BCUT2D eigenvalue weighted by atomic mass is 9.78. The SMILES string of the molecule is C[C@H](O[C@@H]1CC[C@H]2[C@H](N)C[C@]1(c1ccccc1)N2Cc1ccccc1)c1cc(C(F)(F)F)cc(C(F)(F)F)c1. The fourth-order valence-corrected chi connectivity index (χ4v) is 6.34. The summed E-state index contributed by atoms with van der Waals surface area (Å²) in [6.45, 7) is 2.10. The smallest absolute Gasteiger partial charge is 0.368 e. The van der Waals surface area contributed by atoms with Crippen molar-refractivity contribution in [1.29, 1.82) is 0 Å². The molecule has 2 N–H and O–H groups in total. The molecule has 0 aromatic heterocycles. The predicted molar refractivity (Wildman–Crippen MR) is 135 cm³/mol. The maximum atomic E-state index is 13.5. The molecule has 0 radical (unpaired) electrons. The molecular weight excluding hydrogens is 518 g/mol. The van der Waals surface area contributed by atoms with E-state index in [9.17, 15) is 26.3 Å². The Morgan fingerprint density at radius 2 is 1.44 bits per heavy atom. The van der Waals surface area contributed by atoms with Gasteiger partial charge in [0, 0.05) is 18.6 Å². The van der Waals surface area contributed by atoms with Crippen LogP contribution in [0.4, 0.5) is 26.3 Å². The lowest BCUT2D eigenvalue weighted by Crippen LogP contribution is -2.57. The van der Waals surface area contributed by atoms with E-state index in [2.05, 4.69) is 4.90 Å². The first-order valence-electron chi connectivity index (χ1n) is 13.0. The van der Waals surface area contributed by atoms with E-state index in [4.69, 9.17) is 10.5 Å². The lowest BCUT2D eigenvalue weighted by Gasteiger charge is -2.50. The largest absolute Gasteiger partial charge is 0.416 e. The molecule has 2 fully saturated rings. The highest BCUT2D eigenvalue weighted by atomic mass is 19.4. The van der Waals surface area contributed by atoms with E-state index in [1.807, 2.05) is 60.7 Å². The Labute approximate surface area is 223 Å². The zero-order chi connectivity index (χ0) is 28.0. The number of hydrogen-bond acceptors (Lipinski definition) is 3. The van der Waals surface area contributed by atoms with Gasteiger partial charge in [0.05, 0.1) is 28.9 Å². The average molecular weight is 549 g/mol. The van der Waals surface area contributed by atoms with Gasteiger partial charge in [0.1, 0.15) is 0 Å². The zero-order valence-electron chi connectivity index (χ0n) is 21.3. The molecule has 0 unspecified atom stereocenters. The van der Waals surface area contributed by atoms with Crippen molar-refractivity contribution in [2.75, 3.05) is 0 Å². The van der Waals surface area contributed by atoms with Crippen molar-refractivity contribution in [1.82, 2.24) is 4.90 Å². The van der Waals surface area contributed by atoms with Crippen LogP contribution in [0, 0.1) is 0 Å². The molecule has 5 rings (SSSR count). The van der Waals surface area contributed by atoms with Gasteiger partial charge in [0.15, 0.2) is 0 Å². The van der Waals surface area contributed by atoms with Crippen LogP contribution in [0.15, 0.2) is 78.9 Å². The molecule has 3 nitrogen and oxygen atoms in total. The van der Waals surface area contributed by atoms with Crippen LogP contribution < -0.4 is 5.73 Å². The molecule has 3 aromatic carbocycles. The maximum absolute atomic E-state index is 13.5. The number of nitrogens with two attached hydrogens (primary N) is 1. The number of fused-ring (bicyclic) bond motifs is 2. The molecule has 39 heavy (non-hydrogen) atoms. The molecule has 2 aliphatic heterocycles. The summed E-state index contributed by atoms with van der Waals surface area (Å²) in [7, 11) is 0. The molecule has 0 amide bonds. The first kappa shape index (κ1) is 27.7. The Morgan fingerprint density at radius 1 is 0.872 bits per heavy atom. The monoisotopic (exact) mass is 548 g/mol. The van der Waals surface area contributed by atoms with E-state index in [1.165, 1.54) is 6.92 Å². The standard InChI is InChI=1S/C30H30F6N2O/c1-19(21-14-23(29(31,32)33)16-24(15-21)30(34,35)36)39-27-13-12-26-25(37)17-28(27,22-10-6-3-7-11-22)38(26)18-20-8-4-2-5-9-20/h2-11,14-16,19,25-27H,12-13,17-18,37H2,1H3/t19-,25+,26-,27+,28+/m0/s1. The number of halogens is 6. The third kappa shape index (κ3) is 5.32. The Hall–Kier alpha value is -2.88. The third-order valence-electron chi connectivity index (χ3n) is 8.13. The van der Waals surface area contributed by atoms with Gasteiger partial charge in [-0.2, -0.15) is 26.3 Å². The number of nitrogens with zero attached hydrogens (tertiary/aromatic N) is 1. The summed E-state index contributed by atoms with van der Waals surface area (Å²) in [5.41, 5.74) is 5.17. The molecule has 2 aliphatic rings. The number of benzene rings is 3. The molecule has 2 heterocycles. The highest BCUT2D eigenvalue weighted by Gasteiger charge is 2.59. The van der Waals surface area contributed by atoms with Crippen molar-refractivity contribution in [3.05, 3.63) is 107 Å². The van der Waals surface area contributed by atoms with Crippen molar-refractivity contribution in [3.63, 3.8) is 0 Å². The van der Waals surface area contributed by atoms with Crippen LogP contribution in [0.25, 0.3) is 0 Å². The molecule has 3 aromatic rings. The van der Waals surface area contributed by atoms with Crippen LogP contribution in [0.2, 0.25) is 0 Å². The summed E-state index contributed by atoms with van der Waals surface area (Å²) in [5.74, 6) is 0. The fourth-order valence-electron chi connectivity index (χ4n) is 6.34. The summed E-state index contributed by atoms with van der Waals surface area (Å²) < 4.78 is 87.7. The average Bonchev–Trinajstić information content (AvgIpc) is 3.08. The van der Waals surface area contributed by atoms with Crippen molar-refractivity contribution in [2.45, 2.75) is 74.9 Å². The van der Waals surface area contributed by atoms with Crippen molar-refractivity contribution in [3.8, 4) is 0 Å². The number of hydrogen-bond donors (Lipinski definition) is 1. The predicted octanol–water partition coefficient (Wildman–Crippen LogP) is 7.46. The third-order valence-corrected chi connectivity index (χ3v) is 8.13. The second-order valence-electron chi connectivity index (χ2n) is 10.5. The topological polar surface area (TPSA) is 38.5 Å². The summed E-state index contributed by atoms with van der Waals surface area (Å²) in [6, 6.07) is 21.2. The van der Waals surface area contributed by atoms with Gasteiger partial charge in [0.25, 0.3) is 0 Å². The second-order valence-corrected chi connectivity index (χ2v) is 10.5. The Balaban J connectivity index is 1.55. The molecule has 0 aliphatic carbocycles. The van der Waals surface area contributed by atoms with Gasteiger partial charge in [-0.3, -0.25) is 4.90 Å². The van der Waals surface area contributed by atoms with Gasteiger partial charge in [-0.05, 0) is 61.1 Å². The lowest BCUT2D eigenvalue weighted by molar-refractivity contribution is -0.144. The first-order chi connectivity index (χ1) is 18.4. The van der Waals surface area contributed by atoms with E-state index in [0.29, 0.717) is 25.8 Å². The molecular formula is C30H30F6N2O. The molecule has 5 atom stereocenters. The number of piperidine rings is 1. The van der Waals surface area contributed by atoms with Crippen LogP contribution in [0.1, 0.15) is 60.1 Å². The highest BCUT2D eigenvalue weighted by molar-refractivity contribution is 5.36. The molecule has 0 spiro atoms. The van der Waals surface area contributed by atoms with Crippen molar-refractivity contribution in [2.24, 2.45) is 5.73 Å². The van der Waals surface area contributed by atoms with E-state index in [-0.39, 0.29) is 23.7 Å². The van der Waals surface area contributed by atoms with Gasteiger partial charge in [-0.25, -0.2) is 0 Å². The summed E-state index contributed by atoms with van der Waals surface area (Å²) in [4.78, 5) is 2.33. The van der Waals surface area contributed by atoms with Crippen LogP contribution >= 0.6 is 0 Å². The molecule has 9 heteroatoms. The summed E-state index contributed by atoms with van der Waals surface area (Å²) >= 11 is 0. The summed E-state index contributed by atoms with van der Waals surface area (Å²) in [5, 5.41) is 0. The van der Waals surface area contributed by atoms with E-state index < -0.39 is 41.2 Å². The van der Waals surface area contributed by atoms with Gasteiger partial charge in [-0.15, -0.1) is 0 Å². The van der Waals surface area contributed by atoms with E-state index in [1.54, 1.807) is 0 Å². The Kier molecular flexibility index (Phi) is 7.28. The van der Waals surface area contributed by atoms with E-state index in [0.717, 1.165) is 23.3 Å². The highest BCUT2D eigenvalue weighted by Crippen LogP contribution is 2.53. The van der Waals surface area contributed by atoms with Gasteiger partial charge >= 0.3 is 12.4 Å². The van der Waals surface area contributed by atoms with Crippen LogP contribution in [-0.4, -0.2) is 23.1 Å². The minimum absolute atomic E-state index is 0.0611. The minimum atomic E-state index is -4.93. The molecule has 208 valence electrons. The zero-order valence-corrected chi connectivity index (χ0v) is 21.3. The summed E-state index contributed by atoms with van der Waals surface area (Å²) in [6.07, 6.45) is -9.54. The quantitative estimate of drug-likeness (QED) is 0.325. The number of rotatable bonds is 6. The van der Waals surface area contributed by atoms with Crippen molar-refractivity contribution >= 4 is 0 Å². The fraction of sp³-hybridized carbons (Fsp3) is 0.400. The van der Waals surface area contributed by atoms with Crippen LogP contribution in [0.5, 0.6) is 0 Å². The molecule has 0 saturated carbocycles. The van der Waals surface area contributed by atoms with Gasteiger partial charge in [0.2, 0.25) is 0 Å². The number of alkyl halides is 6. The maximum Gasteiger partial charge on any atom is 0.416 e. The van der Waals surface area contributed by atoms with Gasteiger partial charge < -0.3 is 10.5 Å². The van der Waals surface area contributed by atoms with Gasteiger partial charge in [-0.1, -0.05) is 60.7 Å². The Bertz CT molecular complexity index is 1250. The molecule has 2 saturated heterocycles. The van der Waals surface area contributed by atoms with E-state index >= 15 is 0 Å². The van der Waals surface area contributed by atoms with Crippen LogP contribution in [-0.2, 0) is 29.2 Å². The minimum Gasteiger partial charge on any atom is -0.368 e. The number of ether oxygens (including phenoxy) is 1. The van der Waals surface area contributed by atoms with Crippen LogP contribution in [0.3, 0.4) is 0 Å². The second kappa shape index (κ2) is 10.3. The first-order valence-corrected chi connectivity index (χ1v) is 13.0. The molecule has 2 bridgehead atoms.